The SMILES string of the molecule is CC=C(C(=O)OC)c1ccccc1Oc1ncnc(Oc2ccccc2CCC)n1. The van der Waals surface area contributed by atoms with Crippen LogP contribution in [0.15, 0.2) is 60.9 Å². The Morgan fingerprint density at radius 1 is 0.967 bits per heavy atom. The normalized spacial score (nSPS) is 11.1. The Hall–Kier alpha value is -3.74. The van der Waals surface area contributed by atoms with Gasteiger partial charge in [-0.15, -0.1) is 4.98 Å². The number of aromatic nitrogens is 3. The van der Waals surface area contributed by atoms with Crippen molar-refractivity contribution in [1.82, 2.24) is 15.0 Å². The average Bonchev–Trinajstić information content (AvgIpc) is 2.77. The van der Waals surface area contributed by atoms with E-state index in [0.717, 1.165) is 18.4 Å². The third-order valence-electron chi connectivity index (χ3n) is 4.29. The van der Waals surface area contributed by atoms with Crippen molar-refractivity contribution in [1.29, 1.82) is 0 Å². The van der Waals surface area contributed by atoms with Crippen molar-refractivity contribution >= 4 is 11.5 Å². The lowest BCUT2D eigenvalue weighted by Crippen LogP contribution is -2.05. The number of hydrogen-bond donors (Lipinski definition) is 0. The van der Waals surface area contributed by atoms with Crippen LogP contribution < -0.4 is 9.47 Å². The van der Waals surface area contributed by atoms with E-state index in [1.165, 1.54) is 13.4 Å². The molecular weight excluding hydrogens is 382 g/mol. The zero-order valence-electron chi connectivity index (χ0n) is 17.2. The van der Waals surface area contributed by atoms with E-state index in [2.05, 4.69) is 21.9 Å². The molecule has 1 heterocycles. The molecular formula is C23H23N3O4. The Labute approximate surface area is 175 Å². The Kier molecular flexibility index (Phi) is 7.10. The highest BCUT2D eigenvalue weighted by atomic mass is 16.5. The number of hydrogen-bond acceptors (Lipinski definition) is 7. The van der Waals surface area contributed by atoms with E-state index >= 15 is 0 Å². The van der Waals surface area contributed by atoms with Crippen LogP contribution in [0.25, 0.3) is 5.57 Å². The van der Waals surface area contributed by atoms with Gasteiger partial charge < -0.3 is 14.2 Å². The van der Waals surface area contributed by atoms with Crippen molar-refractivity contribution in [3.05, 3.63) is 72.1 Å². The number of ether oxygens (including phenoxy) is 3. The summed E-state index contributed by atoms with van der Waals surface area (Å²) in [4.78, 5) is 24.5. The van der Waals surface area contributed by atoms with Crippen molar-refractivity contribution < 1.29 is 19.0 Å². The van der Waals surface area contributed by atoms with Gasteiger partial charge in [0.25, 0.3) is 0 Å². The van der Waals surface area contributed by atoms with Gasteiger partial charge in [-0.1, -0.05) is 55.8 Å². The summed E-state index contributed by atoms with van der Waals surface area (Å²) in [5, 5.41) is 0. The summed E-state index contributed by atoms with van der Waals surface area (Å²) >= 11 is 0. The first kappa shape index (κ1) is 21.0. The van der Waals surface area contributed by atoms with Crippen LogP contribution in [0.4, 0.5) is 0 Å². The molecule has 0 aliphatic rings. The summed E-state index contributed by atoms with van der Waals surface area (Å²) < 4.78 is 16.6. The van der Waals surface area contributed by atoms with Crippen LogP contribution in [-0.4, -0.2) is 28.0 Å². The third kappa shape index (κ3) is 5.00. The van der Waals surface area contributed by atoms with E-state index in [1.807, 2.05) is 24.3 Å². The van der Waals surface area contributed by atoms with Gasteiger partial charge in [-0.3, -0.25) is 0 Å². The molecule has 3 aromatic rings. The highest BCUT2D eigenvalue weighted by Crippen LogP contribution is 2.30. The van der Waals surface area contributed by atoms with Gasteiger partial charge in [0.15, 0.2) is 0 Å². The maximum absolute atomic E-state index is 12.1. The molecule has 0 atom stereocenters. The van der Waals surface area contributed by atoms with Crippen LogP contribution in [-0.2, 0) is 16.0 Å². The molecule has 2 aromatic carbocycles. The van der Waals surface area contributed by atoms with Gasteiger partial charge in [0.05, 0.1) is 12.7 Å². The van der Waals surface area contributed by atoms with Crippen LogP contribution in [0.3, 0.4) is 0 Å². The van der Waals surface area contributed by atoms with Gasteiger partial charge >= 0.3 is 18.0 Å². The van der Waals surface area contributed by atoms with Gasteiger partial charge in [0, 0.05) is 5.56 Å². The minimum absolute atomic E-state index is 0.0562. The van der Waals surface area contributed by atoms with Gasteiger partial charge in [0.1, 0.15) is 17.8 Å². The number of carbonyl (C=O) groups is 1. The third-order valence-corrected chi connectivity index (χ3v) is 4.29. The van der Waals surface area contributed by atoms with Crippen LogP contribution in [0.5, 0.6) is 23.5 Å². The highest BCUT2D eigenvalue weighted by molar-refractivity contribution is 6.17. The number of nitrogens with zero attached hydrogens (tertiary/aromatic N) is 3. The highest BCUT2D eigenvalue weighted by Gasteiger charge is 2.17. The monoisotopic (exact) mass is 405 g/mol. The van der Waals surface area contributed by atoms with E-state index in [0.29, 0.717) is 22.6 Å². The lowest BCUT2D eigenvalue weighted by atomic mass is 10.0. The van der Waals surface area contributed by atoms with Crippen molar-refractivity contribution in [3.63, 3.8) is 0 Å². The molecule has 0 saturated carbocycles. The van der Waals surface area contributed by atoms with E-state index in [-0.39, 0.29) is 12.0 Å². The first-order valence-corrected chi connectivity index (χ1v) is 9.63. The molecule has 30 heavy (non-hydrogen) atoms. The van der Waals surface area contributed by atoms with Crippen molar-refractivity contribution in [3.8, 4) is 23.5 Å². The lowest BCUT2D eigenvalue weighted by Gasteiger charge is -2.12. The Morgan fingerprint density at radius 3 is 2.27 bits per heavy atom. The lowest BCUT2D eigenvalue weighted by molar-refractivity contribution is -0.133. The summed E-state index contributed by atoms with van der Waals surface area (Å²) in [6, 6.07) is 15.0. The molecule has 3 rings (SSSR count). The van der Waals surface area contributed by atoms with Gasteiger partial charge in [-0.05, 0) is 31.0 Å². The number of rotatable bonds is 8. The molecule has 0 N–H and O–H groups in total. The molecule has 0 aliphatic heterocycles. The predicted molar refractivity (Wildman–Crippen MR) is 113 cm³/mol. The van der Waals surface area contributed by atoms with E-state index in [4.69, 9.17) is 14.2 Å². The van der Waals surface area contributed by atoms with E-state index in [9.17, 15) is 4.79 Å². The molecule has 7 nitrogen and oxygen atoms in total. The fourth-order valence-electron chi connectivity index (χ4n) is 2.91. The van der Waals surface area contributed by atoms with Crippen molar-refractivity contribution in [2.45, 2.75) is 26.7 Å². The fraction of sp³-hybridized carbons (Fsp3) is 0.217. The van der Waals surface area contributed by atoms with Crippen LogP contribution >= 0.6 is 0 Å². The molecule has 0 radical (unpaired) electrons. The number of para-hydroxylation sites is 2. The van der Waals surface area contributed by atoms with Gasteiger partial charge in [0.2, 0.25) is 0 Å². The van der Waals surface area contributed by atoms with Crippen LogP contribution in [0, 0.1) is 0 Å². The molecule has 0 fully saturated rings. The predicted octanol–water partition coefficient (Wildman–Crippen LogP) is 4.99. The molecule has 0 unspecified atom stereocenters. The molecule has 0 bridgehead atoms. The summed E-state index contributed by atoms with van der Waals surface area (Å²) in [6.07, 6.45) is 4.87. The minimum Gasteiger partial charge on any atom is -0.465 e. The fourth-order valence-corrected chi connectivity index (χ4v) is 2.91. The number of carbonyl (C=O) groups excluding carboxylic acids is 1. The summed E-state index contributed by atoms with van der Waals surface area (Å²) in [5.41, 5.74) is 2.03. The minimum atomic E-state index is -0.458. The Bertz CT molecular complexity index is 1050. The molecule has 0 aliphatic carbocycles. The second-order valence-corrected chi connectivity index (χ2v) is 6.30. The number of methoxy groups -OCH3 is 1. The summed E-state index contributed by atoms with van der Waals surface area (Å²) in [7, 11) is 1.33. The summed E-state index contributed by atoms with van der Waals surface area (Å²) in [6.45, 7) is 3.86. The molecule has 0 amide bonds. The molecule has 154 valence electrons. The van der Waals surface area contributed by atoms with Crippen LogP contribution in [0.2, 0.25) is 0 Å². The van der Waals surface area contributed by atoms with E-state index in [1.54, 1.807) is 37.3 Å². The molecule has 1 aromatic heterocycles. The first-order chi connectivity index (χ1) is 14.7. The number of esters is 1. The smallest absolute Gasteiger partial charge is 0.338 e. The van der Waals surface area contributed by atoms with Crippen molar-refractivity contribution in [2.24, 2.45) is 0 Å². The second-order valence-electron chi connectivity index (χ2n) is 6.30. The first-order valence-electron chi connectivity index (χ1n) is 9.63. The number of aryl methyl sites for hydroxylation is 1. The molecule has 0 saturated heterocycles. The summed E-state index contributed by atoms with van der Waals surface area (Å²) in [5.74, 6) is 0.652. The van der Waals surface area contributed by atoms with Crippen LogP contribution in [0.1, 0.15) is 31.4 Å². The molecule has 7 heteroatoms. The Balaban J connectivity index is 1.86. The van der Waals surface area contributed by atoms with Gasteiger partial charge in [-0.25, -0.2) is 4.79 Å². The molecule has 0 spiro atoms. The maximum atomic E-state index is 12.1. The zero-order valence-corrected chi connectivity index (χ0v) is 17.2. The number of allylic oxidation sites excluding steroid dienone is 1. The quantitative estimate of drug-likeness (QED) is 0.386. The topological polar surface area (TPSA) is 83.4 Å². The Morgan fingerprint density at radius 2 is 1.60 bits per heavy atom. The number of benzene rings is 2. The maximum Gasteiger partial charge on any atom is 0.338 e. The second kappa shape index (κ2) is 10.2. The van der Waals surface area contributed by atoms with Crippen molar-refractivity contribution in [2.75, 3.05) is 7.11 Å². The average molecular weight is 405 g/mol. The van der Waals surface area contributed by atoms with E-state index < -0.39 is 5.97 Å². The largest absolute Gasteiger partial charge is 0.465 e. The zero-order chi connectivity index (χ0) is 21.3. The standard InChI is InChI=1S/C23H23N3O4/c1-4-10-16-11-6-8-13-19(16)29-22-24-15-25-23(26-22)30-20-14-9-7-12-18(20)17(5-2)21(27)28-3/h5-9,11-15H,4,10H2,1-3H3. The van der Waals surface area contributed by atoms with Gasteiger partial charge in [-0.2, -0.15) is 9.97 Å².